The predicted octanol–water partition coefficient (Wildman–Crippen LogP) is 8.23. The third-order valence-corrected chi connectivity index (χ3v) is 8.27. The third-order valence-electron chi connectivity index (χ3n) is 8.27. The molecular formula is C37H29N3. The van der Waals surface area contributed by atoms with E-state index >= 15 is 0 Å². The Hall–Kier alpha value is -4.89. The second kappa shape index (κ2) is 9.39. The van der Waals surface area contributed by atoms with Gasteiger partial charge in [-0.3, -0.25) is 9.97 Å². The van der Waals surface area contributed by atoms with Gasteiger partial charge in [-0.05, 0) is 58.7 Å². The van der Waals surface area contributed by atoms with Crippen LogP contribution in [0.25, 0.3) is 22.6 Å². The highest BCUT2D eigenvalue weighted by atomic mass is 14.8. The molecule has 0 spiro atoms. The van der Waals surface area contributed by atoms with Crippen molar-refractivity contribution in [3.63, 3.8) is 0 Å². The minimum Gasteiger partial charge on any atom is -0.255 e. The number of nitrogens with zero attached hydrogens (tertiary/aromatic N) is 3. The molecule has 0 amide bonds. The Morgan fingerprint density at radius 3 is 1.52 bits per heavy atom. The molecule has 0 saturated carbocycles. The molecule has 3 aromatic carbocycles. The Morgan fingerprint density at radius 2 is 0.925 bits per heavy atom. The molecule has 0 unspecified atom stereocenters. The van der Waals surface area contributed by atoms with E-state index in [9.17, 15) is 0 Å². The molecule has 3 heterocycles. The van der Waals surface area contributed by atoms with Crippen molar-refractivity contribution in [3.05, 3.63) is 173 Å². The summed E-state index contributed by atoms with van der Waals surface area (Å²) in [5, 5.41) is 0. The highest BCUT2D eigenvalue weighted by Gasteiger charge is 2.50. The van der Waals surface area contributed by atoms with Gasteiger partial charge in [0.15, 0.2) is 0 Å². The second-order valence-electron chi connectivity index (χ2n) is 10.9. The van der Waals surface area contributed by atoms with Crippen LogP contribution < -0.4 is 0 Å². The van der Waals surface area contributed by atoms with E-state index in [1.54, 1.807) is 0 Å². The van der Waals surface area contributed by atoms with E-state index in [-0.39, 0.29) is 5.41 Å². The van der Waals surface area contributed by atoms with Crippen LogP contribution in [0.3, 0.4) is 0 Å². The summed E-state index contributed by atoms with van der Waals surface area (Å²) in [6.07, 6.45) is 1.82. The van der Waals surface area contributed by atoms with E-state index < -0.39 is 5.41 Å². The molecular weight excluding hydrogens is 486 g/mol. The number of hydrogen-bond acceptors (Lipinski definition) is 3. The molecule has 0 atom stereocenters. The molecule has 0 radical (unpaired) electrons. The fourth-order valence-corrected chi connectivity index (χ4v) is 6.40. The zero-order valence-electron chi connectivity index (χ0n) is 22.6. The first kappa shape index (κ1) is 24.2. The van der Waals surface area contributed by atoms with E-state index in [0.29, 0.717) is 0 Å². The molecule has 0 saturated heterocycles. The summed E-state index contributed by atoms with van der Waals surface area (Å²) in [6.45, 7) is 4.64. The van der Waals surface area contributed by atoms with Crippen LogP contribution in [0.1, 0.15) is 47.5 Å². The van der Waals surface area contributed by atoms with Crippen molar-refractivity contribution < 1.29 is 0 Å². The van der Waals surface area contributed by atoms with Crippen LogP contribution in [0, 0.1) is 0 Å². The van der Waals surface area contributed by atoms with Gasteiger partial charge in [-0.2, -0.15) is 0 Å². The minimum atomic E-state index is -0.724. The monoisotopic (exact) mass is 515 g/mol. The van der Waals surface area contributed by atoms with Crippen molar-refractivity contribution in [1.82, 2.24) is 15.0 Å². The van der Waals surface area contributed by atoms with Crippen LogP contribution in [0.5, 0.6) is 0 Å². The smallest absolute Gasteiger partial charge is 0.105 e. The number of fused-ring (bicyclic) bond motifs is 2. The normalized spacial score (nSPS) is 14.7. The van der Waals surface area contributed by atoms with Crippen molar-refractivity contribution in [1.29, 1.82) is 0 Å². The summed E-state index contributed by atoms with van der Waals surface area (Å²) < 4.78 is 0. The van der Waals surface area contributed by atoms with Gasteiger partial charge in [0.2, 0.25) is 0 Å². The summed E-state index contributed by atoms with van der Waals surface area (Å²) in [5.74, 6) is 0. The zero-order chi connectivity index (χ0) is 27.2. The lowest BCUT2D eigenvalue weighted by atomic mass is 9.56. The van der Waals surface area contributed by atoms with Crippen LogP contribution in [-0.4, -0.2) is 15.0 Å². The van der Waals surface area contributed by atoms with Gasteiger partial charge in [0, 0.05) is 17.2 Å². The van der Waals surface area contributed by atoms with Gasteiger partial charge in [-0.25, -0.2) is 4.98 Å². The Morgan fingerprint density at radius 1 is 0.425 bits per heavy atom. The second-order valence-corrected chi connectivity index (χ2v) is 10.9. The fourth-order valence-electron chi connectivity index (χ4n) is 6.40. The molecule has 3 nitrogen and oxygen atoms in total. The third kappa shape index (κ3) is 3.62. The van der Waals surface area contributed by atoms with Gasteiger partial charge in [-0.15, -0.1) is 0 Å². The first-order valence-electron chi connectivity index (χ1n) is 13.7. The molecule has 7 rings (SSSR count). The molecule has 40 heavy (non-hydrogen) atoms. The number of benzene rings is 3. The summed E-state index contributed by atoms with van der Waals surface area (Å²) >= 11 is 0. The molecule has 0 aliphatic heterocycles. The average molecular weight is 516 g/mol. The SMILES string of the molecule is CC1(C)c2ccccc2C(c2cccc(-c3ccccc3)n2)(c2cccc(-c3ccccn3)n2)c2ccccc21. The quantitative estimate of drug-likeness (QED) is 0.237. The average Bonchev–Trinajstić information content (AvgIpc) is 3.03. The van der Waals surface area contributed by atoms with Crippen molar-refractivity contribution in [3.8, 4) is 22.6 Å². The van der Waals surface area contributed by atoms with Gasteiger partial charge in [0.1, 0.15) is 5.41 Å². The van der Waals surface area contributed by atoms with Gasteiger partial charge in [-0.1, -0.05) is 111 Å². The Balaban J connectivity index is 1.61. The molecule has 1 aliphatic carbocycles. The minimum absolute atomic E-state index is 0.188. The van der Waals surface area contributed by atoms with E-state index in [1.807, 2.05) is 36.5 Å². The Bertz CT molecular complexity index is 1690. The zero-order valence-corrected chi connectivity index (χ0v) is 22.6. The van der Waals surface area contributed by atoms with Gasteiger partial charge < -0.3 is 0 Å². The van der Waals surface area contributed by atoms with Crippen molar-refractivity contribution >= 4 is 0 Å². The van der Waals surface area contributed by atoms with Crippen LogP contribution in [0.15, 0.2) is 140 Å². The van der Waals surface area contributed by atoms with Gasteiger partial charge in [0.05, 0.1) is 28.5 Å². The first-order chi connectivity index (χ1) is 19.6. The molecule has 6 aromatic rings. The molecule has 3 heteroatoms. The van der Waals surface area contributed by atoms with Crippen LogP contribution in [0.4, 0.5) is 0 Å². The number of hydrogen-bond donors (Lipinski definition) is 0. The lowest BCUT2D eigenvalue weighted by Gasteiger charge is -2.46. The maximum absolute atomic E-state index is 5.41. The molecule has 0 N–H and O–H groups in total. The lowest BCUT2D eigenvalue weighted by molar-refractivity contribution is 0.546. The predicted molar refractivity (Wildman–Crippen MR) is 161 cm³/mol. The maximum atomic E-state index is 5.41. The van der Waals surface area contributed by atoms with Crippen molar-refractivity contribution in [2.24, 2.45) is 0 Å². The largest absolute Gasteiger partial charge is 0.255 e. The fraction of sp³-hybridized carbons (Fsp3) is 0.108. The van der Waals surface area contributed by atoms with E-state index in [1.165, 1.54) is 22.3 Å². The van der Waals surface area contributed by atoms with E-state index in [0.717, 1.165) is 34.0 Å². The van der Waals surface area contributed by atoms with Crippen LogP contribution in [-0.2, 0) is 10.8 Å². The Kier molecular flexibility index (Phi) is 5.67. The number of pyridine rings is 3. The highest BCUT2D eigenvalue weighted by molar-refractivity contribution is 5.70. The molecule has 0 bridgehead atoms. The van der Waals surface area contributed by atoms with Crippen LogP contribution in [0.2, 0.25) is 0 Å². The summed E-state index contributed by atoms with van der Waals surface area (Å²) in [5.41, 5.74) is 9.69. The highest BCUT2D eigenvalue weighted by Crippen LogP contribution is 2.55. The topological polar surface area (TPSA) is 38.7 Å². The van der Waals surface area contributed by atoms with E-state index in [2.05, 4.69) is 122 Å². The maximum Gasteiger partial charge on any atom is 0.105 e. The standard InChI is InChI=1S/C37H29N3/c1-36(2)27-16-6-8-18-29(27)37(30-19-9-7-17-28(30)36,34-23-12-21-31(39-34)26-14-4-3-5-15-26)35-24-13-22-33(40-35)32-20-10-11-25-38-32/h3-25H,1-2H3. The van der Waals surface area contributed by atoms with Gasteiger partial charge in [0.25, 0.3) is 0 Å². The lowest BCUT2D eigenvalue weighted by Crippen LogP contribution is -2.43. The molecule has 1 aliphatic rings. The number of rotatable bonds is 4. The Labute approximate surface area is 235 Å². The summed E-state index contributed by atoms with van der Waals surface area (Å²) in [6, 6.07) is 46.6. The molecule has 0 fully saturated rings. The first-order valence-corrected chi connectivity index (χ1v) is 13.7. The van der Waals surface area contributed by atoms with Crippen molar-refractivity contribution in [2.75, 3.05) is 0 Å². The molecule has 3 aromatic heterocycles. The number of aromatic nitrogens is 3. The van der Waals surface area contributed by atoms with E-state index in [4.69, 9.17) is 9.97 Å². The molecule has 192 valence electrons. The van der Waals surface area contributed by atoms with Crippen molar-refractivity contribution in [2.45, 2.75) is 24.7 Å². The van der Waals surface area contributed by atoms with Crippen LogP contribution >= 0.6 is 0 Å². The van der Waals surface area contributed by atoms with Gasteiger partial charge >= 0.3 is 0 Å². The summed E-state index contributed by atoms with van der Waals surface area (Å²) in [4.78, 5) is 15.4. The summed E-state index contributed by atoms with van der Waals surface area (Å²) in [7, 11) is 0.